The Morgan fingerprint density at radius 1 is 1.19 bits per heavy atom. The number of ether oxygens (including phenoxy) is 1. The number of imidazole rings is 1. The lowest BCUT2D eigenvalue weighted by atomic mass is 9.98. The predicted octanol–water partition coefficient (Wildman–Crippen LogP) is 3.09. The molecule has 4 nitrogen and oxygen atoms in total. The summed E-state index contributed by atoms with van der Waals surface area (Å²) in [4.78, 5) is 4.20. The number of para-hydroxylation sites is 1. The first-order valence-corrected chi connectivity index (χ1v) is 7.87. The molecule has 2 aromatic rings. The van der Waals surface area contributed by atoms with Crippen molar-refractivity contribution in [1.82, 2.24) is 14.9 Å². The average Bonchev–Trinajstić information content (AvgIpc) is 3.18. The molecule has 0 saturated heterocycles. The molecule has 1 aliphatic carbocycles. The number of benzene rings is 1. The van der Waals surface area contributed by atoms with Crippen molar-refractivity contribution in [2.24, 2.45) is 0 Å². The summed E-state index contributed by atoms with van der Waals surface area (Å²) < 4.78 is 8.02. The highest BCUT2D eigenvalue weighted by Crippen LogP contribution is 2.36. The molecular weight excluding hydrogens is 262 g/mol. The van der Waals surface area contributed by atoms with Gasteiger partial charge in [-0.1, -0.05) is 18.2 Å². The van der Waals surface area contributed by atoms with E-state index in [1.165, 1.54) is 24.8 Å². The fourth-order valence-electron chi connectivity index (χ4n) is 3.73. The monoisotopic (exact) mass is 283 g/mol. The Kier molecular flexibility index (Phi) is 3.39. The van der Waals surface area contributed by atoms with Crippen LogP contribution in [0, 0.1) is 0 Å². The zero-order chi connectivity index (χ0) is 14.1. The van der Waals surface area contributed by atoms with Crippen molar-refractivity contribution in [3.8, 4) is 5.75 Å². The molecule has 1 aromatic heterocycles. The maximum atomic E-state index is 5.76. The second-order valence-electron chi connectivity index (χ2n) is 6.01. The Balaban J connectivity index is 1.54. The van der Waals surface area contributed by atoms with Gasteiger partial charge in [-0.3, -0.25) is 0 Å². The average molecular weight is 283 g/mol. The van der Waals surface area contributed by atoms with Gasteiger partial charge in [0.15, 0.2) is 0 Å². The molecule has 0 radical (unpaired) electrons. The van der Waals surface area contributed by atoms with E-state index in [4.69, 9.17) is 4.74 Å². The minimum atomic E-state index is 0.407. The van der Waals surface area contributed by atoms with Crippen LogP contribution in [0.5, 0.6) is 5.75 Å². The number of hydrogen-bond donors (Lipinski definition) is 1. The molecule has 1 saturated carbocycles. The normalized spacial score (nSPS) is 28.1. The van der Waals surface area contributed by atoms with Gasteiger partial charge in [-0.2, -0.15) is 0 Å². The Bertz CT molecular complexity index is 596. The third-order valence-electron chi connectivity index (χ3n) is 4.76. The standard InChI is InChI=1S/C17H21N3O/c1-2-7-17-13(4-1)14(8-11-21-17)19-15-5-3-6-16(15)20-10-9-18-12-20/h1-2,4,7,9-10,12,14-16,19H,3,5-6,8,11H2. The summed E-state index contributed by atoms with van der Waals surface area (Å²) in [6, 6.07) is 9.87. The van der Waals surface area contributed by atoms with Crippen LogP contribution in [0.3, 0.4) is 0 Å². The van der Waals surface area contributed by atoms with Crippen LogP contribution in [0.15, 0.2) is 43.0 Å². The molecule has 0 amide bonds. The van der Waals surface area contributed by atoms with Gasteiger partial charge in [-0.25, -0.2) is 4.98 Å². The molecule has 2 heterocycles. The molecule has 0 bridgehead atoms. The van der Waals surface area contributed by atoms with E-state index in [0.717, 1.165) is 18.8 Å². The van der Waals surface area contributed by atoms with E-state index in [0.29, 0.717) is 18.1 Å². The second kappa shape index (κ2) is 5.53. The first-order valence-electron chi connectivity index (χ1n) is 7.87. The number of hydrogen-bond acceptors (Lipinski definition) is 3. The van der Waals surface area contributed by atoms with Crippen LogP contribution < -0.4 is 10.1 Å². The van der Waals surface area contributed by atoms with E-state index < -0.39 is 0 Å². The molecule has 1 aromatic carbocycles. The van der Waals surface area contributed by atoms with Gasteiger partial charge >= 0.3 is 0 Å². The molecule has 1 N–H and O–H groups in total. The maximum absolute atomic E-state index is 5.76. The van der Waals surface area contributed by atoms with Crippen LogP contribution in [-0.4, -0.2) is 22.2 Å². The highest BCUT2D eigenvalue weighted by atomic mass is 16.5. The minimum absolute atomic E-state index is 0.407. The second-order valence-corrected chi connectivity index (χ2v) is 6.01. The van der Waals surface area contributed by atoms with Crippen LogP contribution in [0.25, 0.3) is 0 Å². The quantitative estimate of drug-likeness (QED) is 0.941. The lowest BCUT2D eigenvalue weighted by molar-refractivity contribution is 0.235. The van der Waals surface area contributed by atoms with Gasteiger partial charge < -0.3 is 14.6 Å². The van der Waals surface area contributed by atoms with Crippen LogP contribution in [0.4, 0.5) is 0 Å². The minimum Gasteiger partial charge on any atom is -0.493 e. The summed E-state index contributed by atoms with van der Waals surface area (Å²) in [5, 5.41) is 3.88. The first kappa shape index (κ1) is 12.9. The SMILES string of the molecule is c1ccc2c(c1)OCCC2NC1CCCC1n1ccnc1. The molecule has 2 aliphatic rings. The highest BCUT2D eigenvalue weighted by Gasteiger charge is 2.32. The fraction of sp³-hybridized carbons (Fsp3) is 0.471. The zero-order valence-corrected chi connectivity index (χ0v) is 12.1. The first-order chi connectivity index (χ1) is 10.4. The van der Waals surface area contributed by atoms with E-state index in [-0.39, 0.29) is 0 Å². The predicted molar refractivity (Wildman–Crippen MR) is 81.3 cm³/mol. The number of nitrogens with one attached hydrogen (secondary N) is 1. The van der Waals surface area contributed by atoms with Gasteiger partial charge in [0, 0.05) is 42.5 Å². The molecule has 3 unspecified atom stereocenters. The molecule has 1 fully saturated rings. The van der Waals surface area contributed by atoms with Crippen LogP contribution in [0.2, 0.25) is 0 Å². The molecule has 0 spiro atoms. The number of fused-ring (bicyclic) bond motifs is 1. The van der Waals surface area contributed by atoms with Crippen molar-refractivity contribution in [1.29, 1.82) is 0 Å². The van der Waals surface area contributed by atoms with Crippen molar-refractivity contribution in [2.45, 2.75) is 43.8 Å². The van der Waals surface area contributed by atoms with Crippen LogP contribution in [-0.2, 0) is 0 Å². The van der Waals surface area contributed by atoms with Gasteiger partial charge in [0.05, 0.1) is 12.9 Å². The fourth-order valence-corrected chi connectivity index (χ4v) is 3.73. The Morgan fingerprint density at radius 2 is 2.14 bits per heavy atom. The topological polar surface area (TPSA) is 39.1 Å². The molecular formula is C17H21N3O. The lowest BCUT2D eigenvalue weighted by Crippen LogP contribution is -2.38. The number of nitrogens with zero attached hydrogens (tertiary/aromatic N) is 2. The van der Waals surface area contributed by atoms with Gasteiger partial charge in [-0.05, 0) is 25.3 Å². The molecule has 4 rings (SSSR count). The van der Waals surface area contributed by atoms with Gasteiger partial charge in [0.1, 0.15) is 5.75 Å². The van der Waals surface area contributed by atoms with E-state index in [9.17, 15) is 0 Å². The Hall–Kier alpha value is -1.81. The molecule has 4 heteroatoms. The molecule has 21 heavy (non-hydrogen) atoms. The number of rotatable bonds is 3. The molecule has 3 atom stereocenters. The summed E-state index contributed by atoms with van der Waals surface area (Å²) in [7, 11) is 0. The van der Waals surface area contributed by atoms with Crippen molar-refractivity contribution in [3.63, 3.8) is 0 Å². The van der Waals surface area contributed by atoms with Crippen LogP contribution >= 0.6 is 0 Å². The van der Waals surface area contributed by atoms with Crippen molar-refractivity contribution < 1.29 is 4.74 Å². The van der Waals surface area contributed by atoms with Gasteiger partial charge in [-0.15, -0.1) is 0 Å². The molecule has 110 valence electrons. The smallest absolute Gasteiger partial charge is 0.124 e. The summed E-state index contributed by atoms with van der Waals surface area (Å²) in [5.41, 5.74) is 1.31. The third-order valence-corrected chi connectivity index (χ3v) is 4.76. The van der Waals surface area contributed by atoms with E-state index in [1.807, 2.05) is 18.6 Å². The van der Waals surface area contributed by atoms with E-state index >= 15 is 0 Å². The lowest BCUT2D eigenvalue weighted by Gasteiger charge is -2.31. The van der Waals surface area contributed by atoms with Gasteiger partial charge in [0.2, 0.25) is 0 Å². The maximum Gasteiger partial charge on any atom is 0.124 e. The largest absolute Gasteiger partial charge is 0.493 e. The summed E-state index contributed by atoms with van der Waals surface area (Å²) in [5.74, 6) is 1.04. The molecule has 1 aliphatic heterocycles. The summed E-state index contributed by atoms with van der Waals surface area (Å²) >= 11 is 0. The van der Waals surface area contributed by atoms with Crippen molar-refractivity contribution in [3.05, 3.63) is 48.5 Å². The third kappa shape index (κ3) is 2.44. The van der Waals surface area contributed by atoms with Crippen molar-refractivity contribution >= 4 is 0 Å². The Labute approximate surface area is 125 Å². The van der Waals surface area contributed by atoms with Crippen molar-refractivity contribution in [2.75, 3.05) is 6.61 Å². The number of aromatic nitrogens is 2. The summed E-state index contributed by atoms with van der Waals surface area (Å²) in [6.07, 6.45) is 10.7. The zero-order valence-electron chi connectivity index (χ0n) is 12.1. The highest BCUT2D eigenvalue weighted by molar-refractivity contribution is 5.37. The van der Waals surface area contributed by atoms with E-state index in [1.54, 1.807) is 0 Å². The van der Waals surface area contributed by atoms with E-state index in [2.05, 4.69) is 39.3 Å². The van der Waals surface area contributed by atoms with Gasteiger partial charge in [0.25, 0.3) is 0 Å². The summed E-state index contributed by atoms with van der Waals surface area (Å²) in [6.45, 7) is 0.803. The Morgan fingerprint density at radius 3 is 3.05 bits per heavy atom. The van der Waals surface area contributed by atoms with Crippen LogP contribution in [0.1, 0.15) is 43.3 Å².